The second-order valence-corrected chi connectivity index (χ2v) is 3.53. The zero-order valence-corrected chi connectivity index (χ0v) is 6.77. The molecule has 2 nitrogen and oxygen atoms in total. The van der Waals surface area contributed by atoms with E-state index in [1.165, 1.54) is 11.3 Å². The van der Waals surface area contributed by atoms with Crippen molar-refractivity contribution in [2.24, 2.45) is 5.92 Å². The molecule has 1 aromatic rings. The van der Waals surface area contributed by atoms with Crippen LogP contribution in [0.1, 0.15) is 27.0 Å². The van der Waals surface area contributed by atoms with Crippen molar-refractivity contribution < 1.29 is 9.59 Å². The summed E-state index contributed by atoms with van der Waals surface area (Å²) in [5, 5.41) is 1.78. The van der Waals surface area contributed by atoms with Crippen molar-refractivity contribution in [1.29, 1.82) is 0 Å². The molecular weight excluding hydrogens is 160 g/mol. The first-order chi connectivity index (χ1) is 5.22. The third kappa shape index (κ3) is 0.715. The van der Waals surface area contributed by atoms with Gasteiger partial charge in [0.1, 0.15) is 0 Å². The Balaban J connectivity index is 2.65. The number of carbonyl (C=O) groups is 2. The molecule has 3 heteroatoms. The van der Waals surface area contributed by atoms with Gasteiger partial charge < -0.3 is 0 Å². The minimum atomic E-state index is -0.433. The highest BCUT2D eigenvalue weighted by molar-refractivity contribution is 7.13. The van der Waals surface area contributed by atoms with Crippen LogP contribution in [-0.4, -0.2) is 11.6 Å². The monoisotopic (exact) mass is 166 g/mol. The van der Waals surface area contributed by atoms with E-state index in [4.69, 9.17) is 0 Å². The molecule has 0 amide bonds. The Morgan fingerprint density at radius 2 is 2.09 bits per heavy atom. The zero-order chi connectivity index (χ0) is 8.01. The fourth-order valence-electron chi connectivity index (χ4n) is 1.24. The number of thiophene rings is 1. The summed E-state index contributed by atoms with van der Waals surface area (Å²) in [5.41, 5.74) is 0.618. The summed E-state index contributed by atoms with van der Waals surface area (Å²) in [6.45, 7) is 1.66. The summed E-state index contributed by atoms with van der Waals surface area (Å²) in [6, 6.07) is 1.73. The van der Waals surface area contributed by atoms with Crippen molar-refractivity contribution in [3.8, 4) is 0 Å². The number of hydrogen-bond donors (Lipinski definition) is 0. The van der Waals surface area contributed by atoms with Gasteiger partial charge in [0.15, 0.2) is 11.6 Å². The van der Waals surface area contributed by atoms with Crippen molar-refractivity contribution in [3.05, 3.63) is 21.9 Å². The first-order valence-corrected chi connectivity index (χ1v) is 4.25. The predicted octanol–water partition coefficient (Wildman–Crippen LogP) is 1.76. The van der Waals surface area contributed by atoms with E-state index < -0.39 is 5.92 Å². The van der Waals surface area contributed by atoms with Gasteiger partial charge in [-0.15, -0.1) is 11.3 Å². The van der Waals surface area contributed by atoms with E-state index in [1.54, 1.807) is 18.4 Å². The van der Waals surface area contributed by atoms with Crippen LogP contribution in [0.5, 0.6) is 0 Å². The van der Waals surface area contributed by atoms with Gasteiger partial charge in [-0.05, 0) is 18.4 Å². The van der Waals surface area contributed by atoms with Crippen LogP contribution in [0.3, 0.4) is 0 Å². The molecule has 0 aliphatic heterocycles. The van der Waals surface area contributed by atoms with Crippen LogP contribution in [0.4, 0.5) is 0 Å². The molecule has 2 rings (SSSR count). The molecule has 1 atom stereocenters. The lowest BCUT2D eigenvalue weighted by atomic mass is 10.1. The van der Waals surface area contributed by atoms with Gasteiger partial charge in [0.05, 0.1) is 10.8 Å². The average molecular weight is 166 g/mol. The average Bonchev–Trinajstić information content (AvgIpc) is 2.53. The minimum Gasteiger partial charge on any atom is -0.293 e. The molecule has 0 radical (unpaired) electrons. The summed E-state index contributed by atoms with van der Waals surface area (Å²) in [4.78, 5) is 23.2. The largest absolute Gasteiger partial charge is 0.293 e. The second-order valence-electron chi connectivity index (χ2n) is 2.61. The molecule has 56 valence electrons. The highest BCUT2D eigenvalue weighted by atomic mass is 32.1. The summed E-state index contributed by atoms with van der Waals surface area (Å²) in [5.74, 6) is -0.469. The SMILES string of the molecule is CC1C(=O)c2ccsc2C1=O. The Labute approximate surface area is 67.8 Å². The molecule has 1 heterocycles. The van der Waals surface area contributed by atoms with Crippen LogP contribution in [0.25, 0.3) is 0 Å². The number of Topliss-reactive ketones (excluding diaryl/α,β-unsaturated/α-hetero) is 2. The summed E-state index contributed by atoms with van der Waals surface area (Å²) in [7, 11) is 0. The summed E-state index contributed by atoms with van der Waals surface area (Å²) >= 11 is 1.36. The molecule has 0 bridgehead atoms. The molecule has 0 N–H and O–H groups in total. The van der Waals surface area contributed by atoms with Crippen molar-refractivity contribution in [1.82, 2.24) is 0 Å². The van der Waals surface area contributed by atoms with Crippen molar-refractivity contribution >= 4 is 22.9 Å². The third-order valence-corrected chi connectivity index (χ3v) is 2.87. The topological polar surface area (TPSA) is 34.1 Å². The predicted molar refractivity (Wildman–Crippen MR) is 42.1 cm³/mol. The number of rotatable bonds is 0. The molecule has 1 aromatic heterocycles. The molecule has 0 saturated heterocycles. The number of hydrogen-bond acceptors (Lipinski definition) is 3. The lowest BCUT2D eigenvalue weighted by Gasteiger charge is -1.93. The minimum absolute atomic E-state index is 0.0139. The highest BCUT2D eigenvalue weighted by Gasteiger charge is 2.35. The first-order valence-electron chi connectivity index (χ1n) is 3.37. The summed E-state index contributed by atoms with van der Waals surface area (Å²) < 4.78 is 0. The fourth-order valence-corrected chi connectivity index (χ4v) is 2.17. The third-order valence-electron chi connectivity index (χ3n) is 1.94. The second kappa shape index (κ2) is 2.01. The molecule has 0 spiro atoms. The molecule has 0 saturated carbocycles. The van der Waals surface area contributed by atoms with E-state index in [2.05, 4.69) is 0 Å². The maximum Gasteiger partial charge on any atom is 0.184 e. The molecule has 11 heavy (non-hydrogen) atoms. The van der Waals surface area contributed by atoms with Gasteiger partial charge in [-0.2, -0.15) is 0 Å². The maximum atomic E-state index is 11.3. The van der Waals surface area contributed by atoms with Gasteiger partial charge in [0.2, 0.25) is 0 Å². The van der Waals surface area contributed by atoms with Crippen LogP contribution in [0, 0.1) is 5.92 Å². The lowest BCUT2D eigenvalue weighted by Crippen LogP contribution is -2.09. The van der Waals surface area contributed by atoms with Crippen molar-refractivity contribution in [2.75, 3.05) is 0 Å². The Morgan fingerprint density at radius 1 is 1.36 bits per heavy atom. The van der Waals surface area contributed by atoms with E-state index >= 15 is 0 Å². The molecule has 1 unspecified atom stereocenters. The Bertz CT molecular complexity index is 307. The normalized spacial score (nSPS) is 22.5. The Hall–Kier alpha value is -0.960. The van der Waals surface area contributed by atoms with Crippen molar-refractivity contribution in [2.45, 2.75) is 6.92 Å². The van der Waals surface area contributed by atoms with E-state index in [-0.39, 0.29) is 11.6 Å². The maximum absolute atomic E-state index is 11.3. The summed E-state index contributed by atoms with van der Waals surface area (Å²) in [6.07, 6.45) is 0. The molecule has 1 aliphatic carbocycles. The fraction of sp³-hybridized carbons (Fsp3) is 0.250. The number of ketones is 2. The lowest BCUT2D eigenvalue weighted by molar-refractivity contribution is 0.0853. The first kappa shape index (κ1) is 6.73. The van der Waals surface area contributed by atoms with Crippen LogP contribution in [0.15, 0.2) is 11.4 Å². The van der Waals surface area contributed by atoms with Gasteiger partial charge in [-0.3, -0.25) is 9.59 Å². The molecular formula is C8H6O2S. The van der Waals surface area contributed by atoms with Gasteiger partial charge in [-0.25, -0.2) is 0 Å². The number of fused-ring (bicyclic) bond motifs is 1. The number of carbonyl (C=O) groups excluding carboxylic acids is 2. The smallest absolute Gasteiger partial charge is 0.184 e. The van der Waals surface area contributed by atoms with E-state index in [1.807, 2.05) is 0 Å². The molecule has 0 aromatic carbocycles. The van der Waals surface area contributed by atoms with Gasteiger partial charge in [-0.1, -0.05) is 0 Å². The van der Waals surface area contributed by atoms with Gasteiger partial charge in [0, 0.05) is 5.56 Å². The van der Waals surface area contributed by atoms with E-state index in [9.17, 15) is 9.59 Å². The van der Waals surface area contributed by atoms with Gasteiger partial charge >= 0.3 is 0 Å². The van der Waals surface area contributed by atoms with Crippen molar-refractivity contribution in [3.63, 3.8) is 0 Å². The van der Waals surface area contributed by atoms with Crippen LogP contribution < -0.4 is 0 Å². The van der Waals surface area contributed by atoms with E-state index in [0.29, 0.717) is 10.4 Å². The quantitative estimate of drug-likeness (QED) is 0.550. The van der Waals surface area contributed by atoms with E-state index in [0.717, 1.165) is 0 Å². The van der Waals surface area contributed by atoms with Crippen LogP contribution in [0.2, 0.25) is 0 Å². The van der Waals surface area contributed by atoms with Gasteiger partial charge in [0.25, 0.3) is 0 Å². The highest BCUT2D eigenvalue weighted by Crippen LogP contribution is 2.30. The Morgan fingerprint density at radius 3 is 2.73 bits per heavy atom. The molecule has 1 aliphatic rings. The Kier molecular flexibility index (Phi) is 1.23. The zero-order valence-electron chi connectivity index (χ0n) is 5.96. The standard InChI is InChI=1S/C8H6O2S/c1-4-6(9)5-2-3-11-8(5)7(4)10/h2-4H,1H3. The van der Waals surface area contributed by atoms with Crippen LogP contribution in [-0.2, 0) is 0 Å². The van der Waals surface area contributed by atoms with Crippen LogP contribution >= 0.6 is 11.3 Å². The molecule has 0 fully saturated rings.